The second-order valence-electron chi connectivity index (χ2n) is 1.24. The lowest BCUT2D eigenvalue weighted by molar-refractivity contribution is 0.410. The van der Waals surface area contributed by atoms with Crippen molar-refractivity contribution in [3.8, 4) is 0 Å². The molecule has 0 aromatic heterocycles. The van der Waals surface area contributed by atoms with Crippen LogP contribution >= 0.6 is 0 Å². The van der Waals surface area contributed by atoms with Crippen molar-refractivity contribution in [3.63, 3.8) is 0 Å². The Balaban J connectivity index is 2.00. The van der Waals surface area contributed by atoms with E-state index < -0.39 is 0 Å². The molecule has 0 N–H and O–H groups in total. The summed E-state index contributed by atoms with van der Waals surface area (Å²) in [4.78, 5) is 0. The van der Waals surface area contributed by atoms with Gasteiger partial charge < -0.3 is 4.74 Å². The average molecular weight is 71.1 g/mol. The van der Waals surface area contributed by atoms with E-state index >= 15 is 0 Å². The summed E-state index contributed by atoms with van der Waals surface area (Å²) in [5, 5.41) is 0. The molecule has 1 atom stereocenters. The van der Waals surface area contributed by atoms with Crippen molar-refractivity contribution in [3.05, 3.63) is 6.92 Å². The molecule has 0 spiro atoms. The predicted molar refractivity (Wildman–Crippen MR) is 19.7 cm³/mol. The third-order valence-electron chi connectivity index (χ3n) is 0.724. The van der Waals surface area contributed by atoms with Gasteiger partial charge in [0.25, 0.3) is 0 Å². The highest BCUT2D eigenvalue weighted by molar-refractivity contribution is 4.68. The molecule has 0 aromatic carbocycles. The van der Waals surface area contributed by atoms with Crippen molar-refractivity contribution >= 4 is 0 Å². The van der Waals surface area contributed by atoms with Crippen LogP contribution in [0.2, 0.25) is 0 Å². The van der Waals surface area contributed by atoms with Gasteiger partial charge in [-0.05, 0) is 6.42 Å². The fourth-order valence-electron chi connectivity index (χ4n) is 0.235. The molecule has 1 radical (unpaired) electrons. The van der Waals surface area contributed by atoms with Gasteiger partial charge in [-0.25, -0.2) is 0 Å². The molecule has 0 amide bonds. The predicted octanol–water partition coefficient (Wildman–Crippen LogP) is 0.609. The minimum absolute atomic E-state index is 0.523. The summed E-state index contributed by atoms with van der Waals surface area (Å²) in [5.41, 5.74) is 0. The van der Waals surface area contributed by atoms with Crippen molar-refractivity contribution in [2.75, 3.05) is 6.61 Å². The van der Waals surface area contributed by atoms with Crippen LogP contribution in [0.4, 0.5) is 0 Å². The summed E-state index contributed by atoms with van der Waals surface area (Å²) in [6, 6.07) is 0. The summed E-state index contributed by atoms with van der Waals surface area (Å²) < 4.78 is 4.80. The van der Waals surface area contributed by atoms with E-state index in [0.717, 1.165) is 13.0 Å². The van der Waals surface area contributed by atoms with Gasteiger partial charge in [-0.2, -0.15) is 0 Å². The van der Waals surface area contributed by atoms with E-state index in [4.69, 9.17) is 4.74 Å². The van der Waals surface area contributed by atoms with Crippen molar-refractivity contribution in [2.45, 2.75) is 12.5 Å². The molecular formula is C4H7O. The minimum atomic E-state index is 0.523. The Morgan fingerprint density at radius 1 is 2.00 bits per heavy atom. The van der Waals surface area contributed by atoms with E-state index in [-0.39, 0.29) is 0 Å². The summed E-state index contributed by atoms with van der Waals surface area (Å²) in [6.07, 6.45) is 1.47. The van der Waals surface area contributed by atoms with Crippen LogP contribution in [-0.4, -0.2) is 12.7 Å². The normalized spacial score (nSPS) is 34.2. The maximum Gasteiger partial charge on any atom is 0.0810 e. The molecule has 1 heteroatoms. The lowest BCUT2D eigenvalue weighted by atomic mass is 10.4. The maximum atomic E-state index is 4.80. The van der Waals surface area contributed by atoms with Gasteiger partial charge in [0.05, 0.1) is 12.7 Å². The molecule has 1 nitrogen and oxygen atoms in total. The third kappa shape index (κ3) is 0.618. The highest BCUT2D eigenvalue weighted by atomic mass is 16.6. The molecular weight excluding hydrogens is 64.0 g/mol. The quantitative estimate of drug-likeness (QED) is 0.412. The van der Waals surface area contributed by atoms with Crippen LogP contribution in [0.25, 0.3) is 0 Å². The standard InChI is InChI=1S/C4H7O/c1-2-4-3-5-4/h4H,1-3H2/t4-/m1/s1. The Bertz CT molecular complexity index is 30.6. The summed E-state index contributed by atoms with van der Waals surface area (Å²) in [6.45, 7) is 4.57. The van der Waals surface area contributed by atoms with Gasteiger partial charge in [0.2, 0.25) is 0 Å². The Morgan fingerprint density at radius 3 is 2.60 bits per heavy atom. The molecule has 1 aliphatic rings. The van der Waals surface area contributed by atoms with Crippen molar-refractivity contribution < 1.29 is 4.74 Å². The van der Waals surface area contributed by atoms with Crippen molar-refractivity contribution in [2.24, 2.45) is 0 Å². The molecule has 0 bridgehead atoms. The zero-order chi connectivity index (χ0) is 3.70. The summed E-state index contributed by atoms with van der Waals surface area (Å²) >= 11 is 0. The molecule has 0 aliphatic carbocycles. The Labute approximate surface area is 31.9 Å². The minimum Gasteiger partial charge on any atom is -0.373 e. The Morgan fingerprint density at radius 2 is 2.60 bits per heavy atom. The van der Waals surface area contributed by atoms with Crippen LogP contribution in [0, 0.1) is 6.92 Å². The molecule has 1 heterocycles. The number of hydrogen-bond donors (Lipinski definition) is 0. The lowest BCUT2D eigenvalue weighted by Gasteiger charge is -1.69. The molecule has 1 rings (SSSR count). The number of ether oxygens (including phenoxy) is 1. The lowest BCUT2D eigenvalue weighted by Crippen LogP contribution is -1.73. The highest BCUT2D eigenvalue weighted by Gasteiger charge is 2.18. The first-order valence-corrected chi connectivity index (χ1v) is 1.84. The van der Waals surface area contributed by atoms with Crippen LogP contribution in [0.15, 0.2) is 0 Å². The smallest absolute Gasteiger partial charge is 0.0810 e. The first kappa shape index (κ1) is 3.16. The molecule has 0 aromatic rings. The van der Waals surface area contributed by atoms with Gasteiger partial charge in [0.15, 0.2) is 0 Å². The van der Waals surface area contributed by atoms with Gasteiger partial charge in [-0.1, -0.05) is 6.92 Å². The third-order valence-corrected chi connectivity index (χ3v) is 0.724. The second kappa shape index (κ2) is 0.977. The van der Waals surface area contributed by atoms with E-state index in [1.165, 1.54) is 0 Å². The Kier molecular flexibility index (Phi) is 0.618. The van der Waals surface area contributed by atoms with Gasteiger partial charge in [-0.15, -0.1) is 0 Å². The highest BCUT2D eigenvalue weighted by Crippen LogP contribution is 2.10. The van der Waals surface area contributed by atoms with Gasteiger partial charge in [0, 0.05) is 0 Å². The monoisotopic (exact) mass is 71.0 g/mol. The fourth-order valence-corrected chi connectivity index (χ4v) is 0.235. The van der Waals surface area contributed by atoms with Gasteiger partial charge >= 0.3 is 0 Å². The van der Waals surface area contributed by atoms with Crippen LogP contribution in [0.3, 0.4) is 0 Å². The zero-order valence-electron chi connectivity index (χ0n) is 3.11. The van der Waals surface area contributed by atoms with Crippen LogP contribution in [0.1, 0.15) is 6.42 Å². The topological polar surface area (TPSA) is 12.5 Å². The van der Waals surface area contributed by atoms with Gasteiger partial charge in [0.1, 0.15) is 0 Å². The summed E-state index contributed by atoms with van der Waals surface area (Å²) in [7, 11) is 0. The van der Waals surface area contributed by atoms with E-state index in [2.05, 4.69) is 6.92 Å². The van der Waals surface area contributed by atoms with Crippen LogP contribution in [0.5, 0.6) is 0 Å². The van der Waals surface area contributed by atoms with E-state index in [0.29, 0.717) is 6.10 Å². The second-order valence-corrected chi connectivity index (χ2v) is 1.24. The van der Waals surface area contributed by atoms with Crippen molar-refractivity contribution in [1.82, 2.24) is 0 Å². The molecule has 1 fully saturated rings. The number of rotatable bonds is 1. The van der Waals surface area contributed by atoms with Crippen molar-refractivity contribution in [1.29, 1.82) is 0 Å². The Hall–Kier alpha value is -0.0400. The summed E-state index contributed by atoms with van der Waals surface area (Å²) in [5.74, 6) is 0. The number of hydrogen-bond acceptors (Lipinski definition) is 1. The maximum absolute atomic E-state index is 4.80. The first-order chi connectivity index (χ1) is 2.43. The zero-order valence-corrected chi connectivity index (χ0v) is 3.11. The molecule has 1 saturated heterocycles. The average Bonchev–Trinajstić information content (AvgIpc) is 2.12. The number of epoxide rings is 1. The SMILES string of the molecule is [CH2]C[C@@H]1CO1. The first-order valence-electron chi connectivity index (χ1n) is 1.84. The van der Waals surface area contributed by atoms with Gasteiger partial charge in [-0.3, -0.25) is 0 Å². The molecule has 0 saturated carbocycles. The largest absolute Gasteiger partial charge is 0.373 e. The van der Waals surface area contributed by atoms with E-state index in [1.807, 2.05) is 0 Å². The van der Waals surface area contributed by atoms with Crippen LogP contribution < -0.4 is 0 Å². The van der Waals surface area contributed by atoms with Crippen LogP contribution in [-0.2, 0) is 4.74 Å². The molecule has 0 unspecified atom stereocenters. The molecule has 29 valence electrons. The fraction of sp³-hybridized carbons (Fsp3) is 0.750. The van der Waals surface area contributed by atoms with E-state index in [9.17, 15) is 0 Å². The van der Waals surface area contributed by atoms with E-state index in [1.54, 1.807) is 0 Å². The molecule has 1 aliphatic heterocycles. The molecule has 5 heavy (non-hydrogen) atoms.